The van der Waals surface area contributed by atoms with Gasteiger partial charge in [-0.25, -0.2) is 9.59 Å². The maximum atomic E-state index is 11.2. The summed E-state index contributed by atoms with van der Waals surface area (Å²) < 4.78 is 0. The molecular weight excluding hydrogens is 188 g/mol. The van der Waals surface area contributed by atoms with Crippen LogP contribution in [-0.2, 0) is 4.79 Å². The number of nitrogens with one attached hydrogen (secondary N) is 1. The first kappa shape index (κ1) is 12.7. The van der Waals surface area contributed by atoms with E-state index in [1.54, 1.807) is 7.05 Å². The van der Waals surface area contributed by atoms with Gasteiger partial charge in [-0.1, -0.05) is 6.92 Å². The standard InChI is InChI=1S/C8H16N2O4/c1-3-4-10(2)8(14)9-5-6(11)7(12)13/h6,11H,3-5H2,1-2H3,(H,9,14)(H,12,13). The second-order valence-corrected chi connectivity index (χ2v) is 2.96. The predicted molar refractivity (Wildman–Crippen MR) is 50.0 cm³/mol. The van der Waals surface area contributed by atoms with Crippen molar-refractivity contribution in [1.29, 1.82) is 0 Å². The molecule has 82 valence electrons. The third-order valence-corrected chi connectivity index (χ3v) is 1.64. The van der Waals surface area contributed by atoms with Crippen LogP contribution in [0.1, 0.15) is 13.3 Å². The van der Waals surface area contributed by atoms with Crippen molar-refractivity contribution in [2.45, 2.75) is 19.4 Å². The number of hydrogen-bond acceptors (Lipinski definition) is 3. The van der Waals surface area contributed by atoms with Crippen LogP contribution in [0.15, 0.2) is 0 Å². The molecule has 0 aliphatic rings. The first-order valence-electron chi connectivity index (χ1n) is 4.38. The Morgan fingerprint density at radius 3 is 2.50 bits per heavy atom. The minimum atomic E-state index is -1.55. The van der Waals surface area contributed by atoms with E-state index in [4.69, 9.17) is 10.2 Å². The predicted octanol–water partition coefficient (Wildman–Crippen LogP) is -0.517. The van der Waals surface area contributed by atoms with E-state index < -0.39 is 12.1 Å². The monoisotopic (exact) mass is 204 g/mol. The van der Waals surface area contributed by atoms with Gasteiger partial charge >= 0.3 is 12.0 Å². The van der Waals surface area contributed by atoms with E-state index in [0.29, 0.717) is 6.54 Å². The Morgan fingerprint density at radius 1 is 1.50 bits per heavy atom. The van der Waals surface area contributed by atoms with E-state index in [2.05, 4.69) is 5.32 Å². The largest absolute Gasteiger partial charge is 0.479 e. The molecule has 0 fully saturated rings. The topological polar surface area (TPSA) is 89.9 Å². The molecule has 0 aromatic rings. The number of nitrogens with zero attached hydrogens (tertiary/aromatic N) is 1. The van der Waals surface area contributed by atoms with Crippen LogP contribution in [0.4, 0.5) is 4.79 Å². The quantitative estimate of drug-likeness (QED) is 0.562. The van der Waals surface area contributed by atoms with E-state index in [9.17, 15) is 9.59 Å². The third kappa shape index (κ3) is 4.66. The molecule has 0 aromatic carbocycles. The molecule has 0 aliphatic heterocycles. The maximum Gasteiger partial charge on any atom is 0.334 e. The van der Waals surface area contributed by atoms with Crippen LogP contribution in [0.2, 0.25) is 0 Å². The average Bonchev–Trinajstić information content (AvgIpc) is 2.13. The van der Waals surface area contributed by atoms with E-state index in [-0.39, 0.29) is 12.6 Å². The molecule has 0 heterocycles. The van der Waals surface area contributed by atoms with Crippen molar-refractivity contribution in [3.8, 4) is 0 Å². The molecule has 1 atom stereocenters. The summed E-state index contributed by atoms with van der Waals surface area (Å²) in [4.78, 5) is 22.8. The molecule has 3 N–H and O–H groups in total. The first-order valence-corrected chi connectivity index (χ1v) is 4.38. The number of carbonyl (C=O) groups is 2. The van der Waals surface area contributed by atoms with Gasteiger partial charge in [-0.15, -0.1) is 0 Å². The summed E-state index contributed by atoms with van der Waals surface area (Å²) in [5, 5.41) is 19.5. The van der Waals surface area contributed by atoms with Crippen LogP contribution in [0.25, 0.3) is 0 Å². The van der Waals surface area contributed by atoms with Crippen molar-refractivity contribution in [2.24, 2.45) is 0 Å². The SMILES string of the molecule is CCCN(C)C(=O)NCC(O)C(=O)O. The van der Waals surface area contributed by atoms with Crippen molar-refractivity contribution >= 4 is 12.0 Å². The number of aliphatic hydroxyl groups excluding tert-OH is 1. The molecule has 6 nitrogen and oxygen atoms in total. The highest BCUT2D eigenvalue weighted by atomic mass is 16.4. The van der Waals surface area contributed by atoms with E-state index >= 15 is 0 Å². The fraction of sp³-hybridized carbons (Fsp3) is 0.750. The Balaban J connectivity index is 3.78. The number of carboxylic acids is 1. The molecule has 2 amide bonds. The van der Waals surface area contributed by atoms with Crippen molar-refractivity contribution < 1.29 is 19.8 Å². The molecule has 0 saturated carbocycles. The lowest BCUT2D eigenvalue weighted by Crippen LogP contribution is -2.43. The maximum absolute atomic E-state index is 11.2. The minimum absolute atomic E-state index is 0.276. The lowest BCUT2D eigenvalue weighted by Gasteiger charge is -2.17. The number of carbonyl (C=O) groups excluding carboxylic acids is 1. The van der Waals surface area contributed by atoms with Crippen molar-refractivity contribution in [3.63, 3.8) is 0 Å². The Bertz CT molecular complexity index is 208. The molecule has 0 saturated heterocycles. The van der Waals surface area contributed by atoms with Gasteiger partial charge in [0.1, 0.15) is 0 Å². The zero-order chi connectivity index (χ0) is 11.1. The summed E-state index contributed by atoms with van der Waals surface area (Å²) in [7, 11) is 1.60. The van der Waals surface area contributed by atoms with Gasteiger partial charge in [0.25, 0.3) is 0 Å². The van der Waals surface area contributed by atoms with Crippen LogP contribution in [0, 0.1) is 0 Å². The van der Waals surface area contributed by atoms with Crippen molar-refractivity contribution in [2.75, 3.05) is 20.1 Å². The van der Waals surface area contributed by atoms with Crippen LogP contribution >= 0.6 is 0 Å². The van der Waals surface area contributed by atoms with Crippen molar-refractivity contribution in [3.05, 3.63) is 0 Å². The number of rotatable bonds is 5. The van der Waals surface area contributed by atoms with Gasteiger partial charge in [-0.3, -0.25) is 0 Å². The van der Waals surface area contributed by atoms with E-state index in [0.717, 1.165) is 6.42 Å². The molecule has 0 aromatic heterocycles. The smallest absolute Gasteiger partial charge is 0.334 e. The Hall–Kier alpha value is -1.30. The molecule has 14 heavy (non-hydrogen) atoms. The molecule has 1 unspecified atom stereocenters. The molecule has 0 rings (SSSR count). The van der Waals surface area contributed by atoms with Gasteiger partial charge < -0.3 is 20.4 Å². The van der Waals surface area contributed by atoms with Crippen molar-refractivity contribution in [1.82, 2.24) is 10.2 Å². The minimum Gasteiger partial charge on any atom is -0.479 e. The Labute approximate surface area is 82.5 Å². The second-order valence-electron chi connectivity index (χ2n) is 2.96. The Morgan fingerprint density at radius 2 is 2.07 bits per heavy atom. The lowest BCUT2D eigenvalue weighted by atomic mass is 10.3. The van der Waals surface area contributed by atoms with Gasteiger partial charge in [-0.05, 0) is 6.42 Å². The van der Waals surface area contributed by atoms with Gasteiger partial charge in [0.2, 0.25) is 0 Å². The van der Waals surface area contributed by atoms with Gasteiger partial charge in [0.15, 0.2) is 6.10 Å². The number of aliphatic hydroxyl groups is 1. The van der Waals surface area contributed by atoms with E-state index in [1.807, 2.05) is 6.92 Å². The Kier molecular flexibility index (Phi) is 5.62. The number of aliphatic carboxylic acids is 1. The summed E-state index contributed by atoms with van der Waals surface area (Å²) in [5.41, 5.74) is 0. The molecular formula is C8H16N2O4. The van der Waals surface area contributed by atoms with Gasteiger partial charge in [-0.2, -0.15) is 0 Å². The zero-order valence-electron chi connectivity index (χ0n) is 8.36. The fourth-order valence-electron chi connectivity index (χ4n) is 0.843. The average molecular weight is 204 g/mol. The molecule has 0 bridgehead atoms. The molecule has 0 aliphatic carbocycles. The van der Waals surface area contributed by atoms with Crippen LogP contribution in [0.5, 0.6) is 0 Å². The number of carboxylic acid groups (broad SMARTS) is 1. The molecule has 0 spiro atoms. The molecule has 6 heteroatoms. The second kappa shape index (κ2) is 6.20. The fourth-order valence-corrected chi connectivity index (χ4v) is 0.843. The van der Waals surface area contributed by atoms with Gasteiger partial charge in [0, 0.05) is 13.6 Å². The zero-order valence-corrected chi connectivity index (χ0v) is 8.36. The normalized spacial score (nSPS) is 11.9. The van der Waals surface area contributed by atoms with Gasteiger partial charge in [0.05, 0.1) is 6.54 Å². The number of amides is 2. The summed E-state index contributed by atoms with van der Waals surface area (Å²) in [6.45, 7) is 2.24. The first-order chi connectivity index (χ1) is 6.49. The highest BCUT2D eigenvalue weighted by Crippen LogP contribution is 1.88. The summed E-state index contributed by atoms with van der Waals surface area (Å²) in [5.74, 6) is -1.34. The van der Waals surface area contributed by atoms with Crippen LogP contribution in [-0.4, -0.2) is 53.4 Å². The summed E-state index contributed by atoms with van der Waals surface area (Å²) in [6, 6.07) is -0.382. The number of urea groups is 1. The highest BCUT2D eigenvalue weighted by molar-refractivity contribution is 5.76. The molecule has 0 radical (unpaired) electrons. The van der Waals surface area contributed by atoms with E-state index in [1.165, 1.54) is 4.90 Å². The third-order valence-electron chi connectivity index (χ3n) is 1.64. The highest BCUT2D eigenvalue weighted by Gasteiger charge is 2.15. The lowest BCUT2D eigenvalue weighted by molar-refractivity contribution is -0.146. The van der Waals surface area contributed by atoms with Crippen LogP contribution < -0.4 is 5.32 Å². The number of hydrogen-bond donors (Lipinski definition) is 3. The van der Waals surface area contributed by atoms with Crippen LogP contribution in [0.3, 0.4) is 0 Å². The summed E-state index contributed by atoms with van der Waals surface area (Å²) in [6.07, 6.45) is -0.722. The summed E-state index contributed by atoms with van der Waals surface area (Å²) >= 11 is 0.